The first-order valence-corrected chi connectivity index (χ1v) is 8.56. The minimum absolute atomic E-state index is 0.693. The molecule has 1 aliphatic heterocycles. The second-order valence-electron chi connectivity index (χ2n) is 6.80. The fourth-order valence-corrected chi connectivity index (χ4v) is 4.22. The number of fused-ring (bicyclic) bond motifs is 1. The van der Waals surface area contributed by atoms with Crippen molar-refractivity contribution in [3.8, 4) is 0 Å². The largest absolute Gasteiger partial charge is 0.317 e. The van der Waals surface area contributed by atoms with Crippen molar-refractivity contribution in [2.45, 2.75) is 58.2 Å². The van der Waals surface area contributed by atoms with Crippen LogP contribution in [0.5, 0.6) is 0 Å². The van der Waals surface area contributed by atoms with E-state index in [0.717, 1.165) is 37.3 Å². The second-order valence-corrected chi connectivity index (χ2v) is 6.80. The van der Waals surface area contributed by atoms with Crippen LogP contribution in [-0.4, -0.2) is 45.8 Å². The van der Waals surface area contributed by atoms with Gasteiger partial charge >= 0.3 is 0 Å². The van der Waals surface area contributed by atoms with Crippen molar-refractivity contribution in [2.75, 3.05) is 20.1 Å². The van der Waals surface area contributed by atoms with Crippen molar-refractivity contribution in [3.63, 3.8) is 0 Å². The van der Waals surface area contributed by atoms with Gasteiger partial charge in [0.25, 0.3) is 0 Å². The molecule has 0 spiro atoms. The summed E-state index contributed by atoms with van der Waals surface area (Å²) in [5.41, 5.74) is 0. The molecular formula is C16H29N5. The van der Waals surface area contributed by atoms with Gasteiger partial charge in [0.05, 0.1) is 6.54 Å². The molecule has 1 N–H and O–H groups in total. The highest BCUT2D eigenvalue weighted by Gasteiger charge is 2.31. The number of nitrogens with one attached hydrogen (secondary N) is 1. The molecule has 21 heavy (non-hydrogen) atoms. The molecule has 5 nitrogen and oxygen atoms in total. The van der Waals surface area contributed by atoms with E-state index in [1.807, 2.05) is 6.33 Å². The van der Waals surface area contributed by atoms with E-state index in [2.05, 4.69) is 39.0 Å². The topological polar surface area (TPSA) is 46.0 Å². The van der Waals surface area contributed by atoms with E-state index < -0.39 is 0 Å². The molecule has 3 rings (SSSR count). The van der Waals surface area contributed by atoms with E-state index in [-0.39, 0.29) is 0 Å². The third kappa shape index (κ3) is 3.46. The highest BCUT2D eigenvalue weighted by Crippen LogP contribution is 2.33. The lowest BCUT2D eigenvalue weighted by atomic mass is 9.76. The van der Waals surface area contributed by atoms with Crippen molar-refractivity contribution < 1.29 is 0 Å². The fourth-order valence-electron chi connectivity index (χ4n) is 4.22. The average molecular weight is 291 g/mol. The Morgan fingerprint density at radius 1 is 1.33 bits per heavy atom. The predicted molar refractivity (Wildman–Crippen MR) is 83.9 cm³/mol. The summed E-state index contributed by atoms with van der Waals surface area (Å²) in [6.07, 6.45) is 8.74. The number of hydrogen-bond acceptors (Lipinski definition) is 4. The SMILES string of the molecule is CCCC1CCC(NC)C(CN2CCn3cnnc3C2)C1. The molecule has 0 saturated heterocycles. The zero-order valence-corrected chi connectivity index (χ0v) is 13.5. The minimum atomic E-state index is 0.693. The van der Waals surface area contributed by atoms with Crippen LogP contribution in [0.4, 0.5) is 0 Å². The van der Waals surface area contributed by atoms with Gasteiger partial charge in [0.1, 0.15) is 12.2 Å². The van der Waals surface area contributed by atoms with E-state index in [0.29, 0.717) is 6.04 Å². The first-order chi connectivity index (χ1) is 10.3. The molecule has 0 aromatic carbocycles. The van der Waals surface area contributed by atoms with Gasteiger partial charge in [-0.2, -0.15) is 0 Å². The third-order valence-electron chi connectivity index (χ3n) is 5.37. The fraction of sp³-hybridized carbons (Fsp3) is 0.875. The number of aromatic nitrogens is 3. The van der Waals surface area contributed by atoms with Crippen LogP contribution in [0.3, 0.4) is 0 Å². The van der Waals surface area contributed by atoms with Crippen LogP contribution < -0.4 is 5.32 Å². The Bertz CT molecular complexity index is 444. The van der Waals surface area contributed by atoms with Crippen molar-refractivity contribution >= 4 is 0 Å². The molecule has 0 bridgehead atoms. The molecule has 3 unspecified atom stereocenters. The van der Waals surface area contributed by atoms with Crippen LogP contribution in [0.15, 0.2) is 6.33 Å². The molecule has 1 fully saturated rings. The van der Waals surface area contributed by atoms with Crippen LogP contribution in [0.1, 0.15) is 44.9 Å². The van der Waals surface area contributed by atoms with Crippen LogP contribution in [0.25, 0.3) is 0 Å². The summed E-state index contributed by atoms with van der Waals surface area (Å²) in [4.78, 5) is 2.58. The zero-order valence-electron chi connectivity index (χ0n) is 13.5. The van der Waals surface area contributed by atoms with E-state index in [1.54, 1.807) is 0 Å². The molecule has 1 aromatic heterocycles. The smallest absolute Gasteiger partial charge is 0.147 e. The van der Waals surface area contributed by atoms with Crippen molar-refractivity contribution in [2.24, 2.45) is 11.8 Å². The number of nitrogens with zero attached hydrogens (tertiary/aromatic N) is 4. The third-order valence-corrected chi connectivity index (χ3v) is 5.37. The van der Waals surface area contributed by atoms with E-state index in [4.69, 9.17) is 0 Å². The van der Waals surface area contributed by atoms with Gasteiger partial charge in [0.2, 0.25) is 0 Å². The van der Waals surface area contributed by atoms with Gasteiger partial charge < -0.3 is 9.88 Å². The van der Waals surface area contributed by atoms with Gasteiger partial charge in [0.15, 0.2) is 0 Å². The molecule has 1 saturated carbocycles. The minimum Gasteiger partial charge on any atom is -0.317 e. The predicted octanol–water partition coefficient (Wildman–Crippen LogP) is 1.90. The molecule has 5 heteroatoms. The molecule has 118 valence electrons. The summed E-state index contributed by atoms with van der Waals surface area (Å²) in [6.45, 7) is 6.66. The van der Waals surface area contributed by atoms with Crippen molar-refractivity contribution in [1.29, 1.82) is 0 Å². The van der Waals surface area contributed by atoms with Crippen molar-refractivity contribution in [1.82, 2.24) is 25.0 Å². The summed E-state index contributed by atoms with van der Waals surface area (Å²) < 4.78 is 2.19. The quantitative estimate of drug-likeness (QED) is 0.900. The monoisotopic (exact) mass is 291 g/mol. The molecule has 1 aliphatic carbocycles. The standard InChI is InChI=1S/C16H29N5/c1-3-4-13-5-6-15(17-2)14(9-13)10-20-7-8-21-12-18-19-16(21)11-20/h12-15,17H,3-11H2,1-2H3. The van der Waals surface area contributed by atoms with Gasteiger partial charge in [-0.15, -0.1) is 10.2 Å². The van der Waals surface area contributed by atoms with E-state index in [9.17, 15) is 0 Å². The van der Waals surface area contributed by atoms with Gasteiger partial charge in [-0.25, -0.2) is 0 Å². The van der Waals surface area contributed by atoms with Gasteiger partial charge in [-0.1, -0.05) is 19.8 Å². The molecular weight excluding hydrogens is 262 g/mol. The Labute approximate surface area is 128 Å². The summed E-state index contributed by atoms with van der Waals surface area (Å²) in [5, 5.41) is 11.8. The van der Waals surface area contributed by atoms with Gasteiger partial charge in [-0.05, 0) is 38.1 Å². The first kappa shape index (κ1) is 15.0. The number of rotatable bonds is 5. The summed E-state index contributed by atoms with van der Waals surface area (Å²) >= 11 is 0. The Morgan fingerprint density at radius 2 is 2.24 bits per heavy atom. The normalized spacial score (nSPS) is 30.3. The van der Waals surface area contributed by atoms with Crippen LogP contribution in [-0.2, 0) is 13.1 Å². The maximum absolute atomic E-state index is 4.24. The Balaban J connectivity index is 1.59. The zero-order chi connectivity index (χ0) is 14.7. The molecule has 0 radical (unpaired) electrons. The van der Waals surface area contributed by atoms with E-state index in [1.165, 1.54) is 38.6 Å². The lowest BCUT2D eigenvalue weighted by Gasteiger charge is -2.39. The summed E-state index contributed by atoms with van der Waals surface area (Å²) in [5.74, 6) is 2.86. The number of hydrogen-bond donors (Lipinski definition) is 1. The summed E-state index contributed by atoms with van der Waals surface area (Å²) in [7, 11) is 2.13. The van der Waals surface area contributed by atoms with Crippen LogP contribution in [0.2, 0.25) is 0 Å². The molecule has 0 amide bonds. The van der Waals surface area contributed by atoms with Gasteiger partial charge in [-0.3, -0.25) is 4.90 Å². The molecule has 1 aromatic rings. The highest BCUT2D eigenvalue weighted by molar-refractivity contribution is 4.92. The van der Waals surface area contributed by atoms with Crippen LogP contribution >= 0.6 is 0 Å². The maximum atomic E-state index is 4.24. The average Bonchev–Trinajstić information content (AvgIpc) is 2.95. The first-order valence-electron chi connectivity index (χ1n) is 8.56. The molecule has 2 heterocycles. The Hall–Kier alpha value is -0.940. The van der Waals surface area contributed by atoms with E-state index >= 15 is 0 Å². The molecule has 3 atom stereocenters. The van der Waals surface area contributed by atoms with Crippen LogP contribution in [0, 0.1) is 11.8 Å². The lowest BCUT2D eigenvalue weighted by molar-refractivity contribution is 0.120. The Morgan fingerprint density at radius 3 is 3.05 bits per heavy atom. The molecule has 2 aliphatic rings. The highest BCUT2D eigenvalue weighted by atomic mass is 15.3. The maximum Gasteiger partial charge on any atom is 0.147 e. The summed E-state index contributed by atoms with van der Waals surface area (Å²) in [6, 6.07) is 0.693. The van der Waals surface area contributed by atoms with Gasteiger partial charge in [0, 0.05) is 25.7 Å². The lowest BCUT2D eigenvalue weighted by Crippen LogP contribution is -2.46. The second kappa shape index (κ2) is 6.88. The Kier molecular flexibility index (Phi) is 4.91. The van der Waals surface area contributed by atoms with Crippen molar-refractivity contribution in [3.05, 3.63) is 12.2 Å².